The molecule has 2 atom stereocenters. The summed E-state index contributed by atoms with van der Waals surface area (Å²) in [6.07, 6.45) is 8.82. The molecule has 0 N–H and O–H groups in total. The molecule has 0 aromatic heterocycles. The zero-order valence-electron chi connectivity index (χ0n) is 25.1. The molecule has 218 valence electrons. The standard InChI is InChI=1S/C34H32N4O5/c1-8-19-15(3)22-12-24-17(5)21(10-11-28(39)42-7)31(37-24)30-32-29(33(40)43-34(30)41)18(6)25(38-32)14-27-20(9-2)16(4)23(36-27)13-26(19)35-22/h8,12-14,17,21H,1,9-11H2,2-7H3. The predicted octanol–water partition coefficient (Wildman–Crippen LogP) is 5.56. The van der Waals surface area contributed by atoms with E-state index in [4.69, 9.17) is 29.4 Å². The van der Waals surface area contributed by atoms with Crippen molar-refractivity contribution in [1.82, 2.24) is 0 Å². The lowest BCUT2D eigenvalue weighted by Gasteiger charge is -2.21. The fraction of sp³-hybridized carbons (Fsp3) is 0.324. The van der Waals surface area contributed by atoms with E-state index in [0.29, 0.717) is 29.1 Å². The van der Waals surface area contributed by atoms with Crippen LogP contribution >= 0.6 is 0 Å². The fourth-order valence-electron chi connectivity index (χ4n) is 6.43. The Morgan fingerprint density at radius 2 is 1.58 bits per heavy atom. The summed E-state index contributed by atoms with van der Waals surface area (Å²) < 4.78 is 10.2. The van der Waals surface area contributed by atoms with Gasteiger partial charge in [-0.15, -0.1) is 0 Å². The third-order valence-corrected chi connectivity index (χ3v) is 8.95. The molecular weight excluding hydrogens is 544 g/mol. The molecule has 0 radical (unpaired) electrons. The van der Waals surface area contributed by atoms with Crippen LogP contribution in [0.15, 0.2) is 113 Å². The van der Waals surface area contributed by atoms with Crippen molar-refractivity contribution in [3.63, 3.8) is 0 Å². The Labute approximate surface area is 250 Å². The number of methoxy groups -OCH3 is 1. The van der Waals surface area contributed by atoms with E-state index in [-0.39, 0.29) is 41.1 Å². The Balaban J connectivity index is 1.66. The molecule has 0 aromatic rings. The van der Waals surface area contributed by atoms with Crippen LogP contribution in [0.5, 0.6) is 0 Å². The van der Waals surface area contributed by atoms with Gasteiger partial charge in [0.1, 0.15) is 5.57 Å². The number of hydrogen-bond donors (Lipinski definition) is 0. The molecule has 43 heavy (non-hydrogen) atoms. The summed E-state index contributed by atoms with van der Waals surface area (Å²) in [6, 6.07) is 0. The number of fused-ring (bicyclic) bond motifs is 4. The third-order valence-electron chi connectivity index (χ3n) is 8.95. The Morgan fingerprint density at radius 1 is 0.930 bits per heavy atom. The first-order valence-electron chi connectivity index (χ1n) is 14.4. The molecule has 9 nitrogen and oxygen atoms in total. The third kappa shape index (κ3) is 4.42. The number of carbonyl (C=O) groups is 3. The largest absolute Gasteiger partial charge is 0.469 e. The van der Waals surface area contributed by atoms with Gasteiger partial charge in [0.05, 0.1) is 52.6 Å². The summed E-state index contributed by atoms with van der Waals surface area (Å²) in [6.45, 7) is 13.9. The van der Waals surface area contributed by atoms with Crippen LogP contribution in [0.3, 0.4) is 0 Å². The van der Waals surface area contributed by atoms with E-state index < -0.39 is 11.9 Å². The van der Waals surface area contributed by atoms with Gasteiger partial charge < -0.3 is 9.47 Å². The molecule has 9 heteroatoms. The number of rotatable bonds is 5. The lowest BCUT2D eigenvalue weighted by atomic mass is 9.83. The first-order chi connectivity index (χ1) is 20.6. The molecule has 6 rings (SSSR count). The number of nitrogens with zero attached hydrogens (tertiary/aromatic N) is 4. The van der Waals surface area contributed by atoms with E-state index in [1.54, 1.807) is 13.0 Å². The van der Waals surface area contributed by atoms with Crippen LogP contribution in [0, 0.1) is 11.8 Å². The smallest absolute Gasteiger partial charge is 0.350 e. The van der Waals surface area contributed by atoms with Gasteiger partial charge in [-0.05, 0) is 74.1 Å². The van der Waals surface area contributed by atoms with Crippen LogP contribution in [0.1, 0.15) is 53.9 Å². The first-order valence-corrected chi connectivity index (χ1v) is 14.4. The number of carbonyl (C=O) groups excluding carboxylic acids is 3. The van der Waals surface area contributed by atoms with E-state index in [1.165, 1.54) is 7.11 Å². The number of cyclic esters (lactones) is 2. The summed E-state index contributed by atoms with van der Waals surface area (Å²) in [4.78, 5) is 58.4. The molecule has 0 amide bonds. The maximum Gasteiger partial charge on any atom is 0.350 e. The molecule has 0 saturated carbocycles. The topological polar surface area (TPSA) is 119 Å². The van der Waals surface area contributed by atoms with Crippen molar-refractivity contribution in [3.8, 4) is 0 Å². The summed E-state index contributed by atoms with van der Waals surface area (Å²) in [5.74, 6) is -2.41. The summed E-state index contributed by atoms with van der Waals surface area (Å²) in [5, 5.41) is 0. The lowest BCUT2D eigenvalue weighted by molar-refractivity contribution is -0.154. The molecular formula is C34H32N4O5. The number of ether oxygens (including phenoxy) is 2. The number of aliphatic imine (C=N–C) groups is 4. The van der Waals surface area contributed by atoms with E-state index >= 15 is 0 Å². The number of esters is 3. The molecule has 0 aromatic carbocycles. The predicted molar refractivity (Wildman–Crippen MR) is 165 cm³/mol. The number of allylic oxidation sites excluding steroid dienone is 10. The van der Waals surface area contributed by atoms with E-state index in [1.807, 2.05) is 39.0 Å². The zero-order chi connectivity index (χ0) is 30.7. The van der Waals surface area contributed by atoms with Crippen molar-refractivity contribution in [1.29, 1.82) is 0 Å². The minimum absolute atomic E-state index is 0.135. The summed E-state index contributed by atoms with van der Waals surface area (Å²) in [5.41, 5.74) is 9.88. The molecule has 2 unspecified atom stereocenters. The van der Waals surface area contributed by atoms with Crippen molar-refractivity contribution < 1.29 is 23.9 Å². The van der Waals surface area contributed by atoms with Crippen molar-refractivity contribution in [2.24, 2.45) is 31.8 Å². The summed E-state index contributed by atoms with van der Waals surface area (Å²) in [7, 11) is 1.35. The average molecular weight is 577 g/mol. The second-order valence-corrected chi connectivity index (χ2v) is 11.2. The van der Waals surface area contributed by atoms with Gasteiger partial charge >= 0.3 is 17.9 Å². The molecule has 6 aliphatic rings. The molecule has 1 saturated heterocycles. The second kappa shape index (κ2) is 10.5. The van der Waals surface area contributed by atoms with E-state index in [0.717, 1.165) is 51.5 Å². The SMILES string of the molecule is C=CC1=C(C)C2=CC3=NC(=C4C(=O)OC(=O)C5=C(C)C(=CC6=NC(=CC1=N2)C(C)=C6CC)N=C54)C(CCC(=O)OC)C3C. The molecule has 1 fully saturated rings. The highest BCUT2D eigenvalue weighted by molar-refractivity contribution is 6.42. The Hall–Kier alpha value is -4.79. The van der Waals surface area contributed by atoms with Gasteiger partial charge in [-0.25, -0.2) is 24.6 Å². The normalized spacial score (nSPS) is 24.5. The maximum atomic E-state index is 13.4. The van der Waals surface area contributed by atoms with Crippen LogP contribution in [-0.4, -0.2) is 47.9 Å². The van der Waals surface area contributed by atoms with E-state index in [9.17, 15) is 14.4 Å². The van der Waals surface area contributed by atoms with Gasteiger partial charge in [0, 0.05) is 29.5 Å². The van der Waals surface area contributed by atoms with Gasteiger partial charge in [0.15, 0.2) is 0 Å². The summed E-state index contributed by atoms with van der Waals surface area (Å²) >= 11 is 0. The van der Waals surface area contributed by atoms with Crippen LogP contribution in [0.2, 0.25) is 0 Å². The van der Waals surface area contributed by atoms with Gasteiger partial charge in [0.25, 0.3) is 0 Å². The molecule has 6 heterocycles. The highest BCUT2D eigenvalue weighted by atomic mass is 16.6. The zero-order valence-corrected chi connectivity index (χ0v) is 25.1. The van der Waals surface area contributed by atoms with Crippen molar-refractivity contribution >= 4 is 40.8 Å². The van der Waals surface area contributed by atoms with Crippen LogP contribution in [0.25, 0.3) is 0 Å². The molecule has 6 aliphatic heterocycles. The lowest BCUT2D eigenvalue weighted by Crippen LogP contribution is -2.32. The highest BCUT2D eigenvalue weighted by Crippen LogP contribution is 2.43. The van der Waals surface area contributed by atoms with Crippen molar-refractivity contribution in [3.05, 3.63) is 92.7 Å². The molecule has 8 bridgehead atoms. The van der Waals surface area contributed by atoms with Crippen LogP contribution in [-0.2, 0) is 23.9 Å². The quantitative estimate of drug-likeness (QED) is 0.314. The number of hydrogen-bond acceptors (Lipinski definition) is 9. The fourth-order valence-corrected chi connectivity index (χ4v) is 6.43. The average Bonchev–Trinajstić information content (AvgIpc) is 3.65. The van der Waals surface area contributed by atoms with Crippen LogP contribution in [0.4, 0.5) is 0 Å². The Kier molecular flexibility index (Phi) is 6.91. The highest BCUT2D eigenvalue weighted by Gasteiger charge is 2.45. The van der Waals surface area contributed by atoms with Crippen molar-refractivity contribution in [2.45, 2.75) is 53.9 Å². The Morgan fingerprint density at radius 3 is 2.28 bits per heavy atom. The van der Waals surface area contributed by atoms with Gasteiger partial charge in [-0.3, -0.25) is 9.79 Å². The van der Waals surface area contributed by atoms with Crippen molar-refractivity contribution in [2.75, 3.05) is 7.11 Å². The van der Waals surface area contributed by atoms with Gasteiger partial charge in [0.2, 0.25) is 0 Å². The van der Waals surface area contributed by atoms with Crippen LogP contribution < -0.4 is 0 Å². The van der Waals surface area contributed by atoms with Gasteiger partial charge in [-0.2, -0.15) is 0 Å². The van der Waals surface area contributed by atoms with E-state index in [2.05, 4.69) is 13.5 Å². The second-order valence-electron chi connectivity index (χ2n) is 11.2. The maximum absolute atomic E-state index is 13.4. The van der Waals surface area contributed by atoms with Gasteiger partial charge in [-0.1, -0.05) is 26.5 Å². The molecule has 0 aliphatic carbocycles. The first kappa shape index (κ1) is 28.3. The molecule has 0 spiro atoms. The minimum atomic E-state index is -0.801. The monoisotopic (exact) mass is 576 g/mol. The minimum Gasteiger partial charge on any atom is -0.469 e. The Bertz CT molecular complexity index is 1810.